The number of rotatable bonds is 4. The number of phenols is 1. The van der Waals surface area contributed by atoms with E-state index in [-0.39, 0.29) is 11.3 Å². The first kappa shape index (κ1) is 16.5. The van der Waals surface area contributed by atoms with Crippen LogP contribution in [0.15, 0.2) is 24.3 Å². The molecule has 0 bridgehead atoms. The molecule has 0 saturated carbocycles. The monoisotopic (exact) mass is 317 g/mol. The lowest BCUT2D eigenvalue weighted by Gasteiger charge is -2.14. The van der Waals surface area contributed by atoms with Gasteiger partial charge in [-0.05, 0) is 32.9 Å². The summed E-state index contributed by atoms with van der Waals surface area (Å²) >= 11 is 0. The van der Waals surface area contributed by atoms with Crippen LogP contribution in [0.25, 0.3) is 0 Å². The highest BCUT2D eigenvalue weighted by atomic mass is 16.5. The predicted molar refractivity (Wildman–Crippen MR) is 84.3 cm³/mol. The third kappa shape index (κ3) is 3.50. The summed E-state index contributed by atoms with van der Waals surface area (Å²) in [6.07, 6.45) is -1.01. The zero-order valence-corrected chi connectivity index (χ0v) is 13.5. The fourth-order valence-electron chi connectivity index (χ4n) is 2.10. The number of carbonyl (C=O) groups excluding carboxylic acids is 2. The third-order valence-electron chi connectivity index (χ3n) is 3.53. The third-order valence-corrected chi connectivity index (χ3v) is 3.53. The average Bonchev–Trinajstić information content (AvgIpc) is 2.73. The van der Waals surface area contributed by atoms with Crippen LogP contribution in [0.4, 0.5) is 5.69 Å². The summed E-state index contributed by atoms with van der Waals surface area (Å²) in [5, 5.41) is 16.5. The quantitative estimate of drug-likeness (QED) is 0.840. The predicted octanol–water partition coefficient (Wildman–Crippen LogP) is 1.93. The zero-order chi connectivity index (χ0) is 17.1. The normalized spacial score (nSPS) is 11.8. The van der Waals surface area contributed by atoms with E-state index in [1.807, 2.05) is 6.92 Å². The SMILES string of the molecule is Cc1nn(C)c(C)c1NC(=O)C(C)OC(=O)c1ccccc1O. The van der Waals surface area contributed by atoms with Gasteiger partial charge in [-0.25, -0.2) is 4.79 Å². The van der Waals surface area contributed by atoms with Gasteiger partial charge in [0.2, 0.25) is 0 Å². The van der Waals surface area contributed by atoms with E-state index in [2.05, 4.69) is 10.4 Å². The van der Waals surface area contributed by atoms with Crippen LogP contribution in [0.5, 0.6) is 5.75 Å². The fourth-order valence-corrected chi connectivity index (χ4v) is 2.10. The van der Waals surface area contributed by atoms with Crippen molar-refractivity contribution < 1.29 is 19.4 Å². The van der Waals surface area contributed by atoms with Crippen molar-refractivity contribution in [2.45, 2.75) is 26.9 Å². The van der Waals surface area contributed by atoms with Gasteiger partial charge in [0.1, 0.15) is 11.3 Å². The summed E-state index contributed by atoms with van der Waals surface area (Å²) in [6.45, 7) is 5.07. The first-order chi connectivity index (χ1) is 10.8. The van der Waals surface area contributed by atoms with Gasteiger partial charge in [0, 0.05) is 7.05 Å². The molecule has 0 aliphatic rings. The number of aryl methyl sites for hydroxylation is 2. The number of hydrogen-bond donors (Lipinski definition) is 2. The van der Waals surface area contributed by atoms with Crippen LogP contribution in [-0.4, -0.2) is 32.9 Å². The maximum atomic E-state index is 12.2. The Kier molecular flexibility index (Phi) is 4.68. The molecule has 0 aliphatic heterocycles. The fraction of sp³-hybridized carbons (Fsp3) is 0.312. The number of carbonyl (C=O) groups is 2. The van der Waals surface area contributed by atoms with Crippen molar-refractivity contribution in [3.63, 3.8) is 0 Å². The van der Waals surface area contributed by atoms with Gasteiger partial charge in [0.15, 0.2) is 6.10 Å². The van der Waals surface area contributed by atoms with Gasteiger partial charge in [-0.1, -0.05) is 12.1 Å². The molecular weight excluding hydrogens is 298 g/mol. The van der Waals surface area contributed by atoms with Crippen LogP contribution in [0.3, 0.4) is 0 Å². The molecular formula is C16H19N3O4. The smallest absolute Gasteiger partial charge is 0.342 e. The molecule has 1 amide bonds. The number of para-hydroxylation sites is 1. The minimum atomic E-state index is -1.01. The van der Waals surface area contributed by atoms with Gasteiger partial charge in [-0.2, -0.15) is 5.10 Å². The van der Waals surface area contributed by atoms with Gasteiger partial charge in [-0.3, -0.25) is 9.48 Å². The summed E-state index contributed by atoms with van der Waals surface area (Å²) in [7, 11) is 1.78. The van der Waals surface area contributed by atoms with E-state index in [4.69, 9.17) is 4.74 Å². The lowest BCUT2D eigenvalue weighted by molar-refractivity contribution is -0.123. The standard InChI is InChI=1S/C16H19N3O4/c1-9-14(10(2)19(4)18-9)17-15(21)11(3)23-16(22)12-7-5-6-8-13(12)20/h5-8,11,20H,1-4H3,(H,17,21). The summed E-state index contributed by atoms with van der Waals surface area (Å²) in [5.41, 5.74) is 2.09. The van der Waals surface area contributed by atoms with Crippen molar-refractivity contribution in [3.8, 4) is 5.75 Å². The highest BCUT2D eigenvalue weighted by Crippen LogP contribution is 2.20. The number of ether oxygens (including phenoxy) is 1. The number of nitrogens with zero attached hydrogens (tertiary/aromatic N) is 2. The summed E-state index contributed by atoms with van der Waals surface area (Å²) in [6, 6.07) is 6.00. The maximum Gasteiger partial charge on any atom is 0.342 e. The number of hydrogen-bond acceptors (Lipinski definition) is 5. The molecule has 1 unspecified atom stereocenters. The molecule has 7 nitrogen and oxygen atoms in total. The van der Waals surface area contributed by atoms with Crippen molar-refractivity contribution in [1.82, 2.24) is 9.78 Å². The van der Waals surface area contributed by atoms with Crippen molar-refractivity contribution in [2.24, 2.45) is 7.05 Å². The average molecular weight is 317 g/mol. The second kappa shape index (κ2) is 6.51. The highest BCUT2D eigenvalue weighted by molar-refractivity contribution is 5.98. The van der Waals surface area contributed by atoms with Crippen LogP contribution in [0, 0.1) is 13.8 Å². The van der Waals surface area contributed by atoms with Crippen molar-refractivity contribution in [1.29, 1.82) is 0 Å². The number of phenolic OH excluding ortho intramolecular Hbond substituents is 1. The minimum Gasteiger partial charge on any atom is -0.507 e. The summed E-state index contributed by atoms with van der Waals surface area (Å²) in [4.78, 5) is 24.2. The Balaban J connectivity index is 2.06. The molecule has 7 heteroatoms. The Morgan fingerprint density at radius 2 is 1.96 bits per heavy atom. The summed E-state index contributed by atoms with van der Waals surface area (Å²) < 4.78 is 6.76. The van der Waals surface area contributed by atoms with Gasteiger partial charge < -0.3 is 15.2 Å². The second-order valence-corrected chi connectivity index (χ2v) is 5.22. The van der Waals surface area contributed by atoms with Crippen LogP contribution in [0.2, 0.25) is 0 Å². The first-order valence-electron chi connectivity index (χ1n) is 7.11. The van der Waals surface area contributed by atoms with E-state index in [1.165, 1.54) is 19.1 Å². The number of benzene rings is 1. The molecule has 2 N–H and O–H groups in total. The Bertz CT molecular complexity index is 752. The first-order valence-corrected chi connectivity index (χ1v) is 7.11. The number of nitrogens with one attached hydrogen (secondary N) is 1. The minimum absolute atomic E-state index is 0.0147. The largest absolute Gasteiger partial charge is 0.507 e. The molecule has 0 aliphatic carbocycles. The Morgan fingerprint density at radius 3 is 2.52 bits per heavy atom. The number of anilines is 1. The molecule has 23 heavy (non-hydrogen) atoms. The molecule has 0 spiro atoms. The van der Waals surface area contributed by atoms with E-state index in [0.29, 0.717) is 11.4 Å². The maximum absolute atomic E-state index is 12.2. The van der Waals surface area contributed by atoms with E-state index in [1.54, 1.807) is 30.8 Å². The Hall–Kier alpha value is -2.83. The van der Waals surface area contributed by atoms with E-state index < -0.39 is 18.0 Å². The van der Waals surface area contributed by atoms with Crippen molar-refractivity contribution in [3.05, 3.63) is 41.2 Å². The lowest BCUT2D eigenvalue weighted by atomic mass is 10.2. The lowest BCUT2D eigenvalue weighted by Crippen LogP contribution is -2.30. The molecule has 122 valence electrons. The molecule has 1 heterocycles. The van der Waals surface area contributed by atoms with Gasteiger partial charge >= 0.3 is 5.97 Å². The Labute approximate surface area is 133 Å². The molecule has 1 atom stereocenters. The van der Waals surface area contributed by atoms with Crippen LogP contribution in [-0.2, 0) is 16.6 Å². The number of esters is 1. The molecule has 0 fully saturated rings. The molecule has 2 rings (SSSR count). The number of aromatic nitrogens is 2. The number of amides is 1. The highest BCUT2D eigenvalue weighted by Gasteiger charge is 2.22. The number of aromatic hydroxyl groups is 1. The van der Waals surface area contributed by atoms with Gasteiger partial charge in [0.05, 0.1) is 17.1 Å². The molecule has 2 aromatic rings. The molecule has 1 aromatic heterocycles. The zero-order valence-electron chi connectivity index (χ0n) is 13.5. The molecule has 0 radical (unpaired) electrons. The van der Waals surface area contributed by atoms with Crippen LogP contribution in [0.1, 0.15) is 28.7 Å². The van der Waals surface area contributed by atoms with E-state index in [9.17, 15) is 14.7 Å². The van der Waals surface area contributed by atoms with Crippen LogP contribution < -0.4 is 5.32 Å². The Morgan fingerprint density at radius 1 is 1.30 bits per heavy atom. The van der Waals surface area contributed by atoms with Gasteiger partial charge in [0.25, 0.3) is 5.91 Å². The topological polar surface area (TPSA) is 93.5 Å². The van der Waals surface area contributed by atoms with E-state index in [0.717, 1.165) is 5.69 Å². The van der Waals surface area contributed by atoms with Crippen molar-refractivity contribution >= 4 is 17.6 Å². The van der Waals surface area contributed by atoms with Gasteiger partial charge in [-0.15, -0.1) is 0 Å². The van der Waals surface area contributed by atoms with E-state index >= 15 is 0 Å². The molecule has 1 aromatic carbocycles. The second-order valence-electron chi connectivity index (χ2n) is 5.22. The summed E-state index contributed by atoms with van der Waals surface area (Å²) in [5.74, 6) is -1.41. The van der Waals surface area contributed by atoms with Crippen molar-refractivity contribution in [2.75, 3.05) is 5.32 Å². The molecule has 0 saturated heterocycles. The van der Waals surface area contributed by atoms with Crippen LogP contribution >= 0.6 is 0 Å².